The highest BCUT2D eigenvalue weighted by Gasteiger charge is 2.16. The molecule has 0 heterocycles. The van der Waals surface area contributed by atoms with Gasteiger partial charge in [-0.2, -0.15) is 0 Å². The molecule has 4 nitrogen and oxygen atoms in total. The predicted octanol–water partition coefficient (Wildman–Crippen LogP) is 1.44. The SMILES string of the molecule is COc1c(C(N)CCO)ccc(O)c1Cl. The highest BCUT2D eigenvalue weighted by Crippen LogP contribution is 2.38. The number of benzene rings is 1. The van der Waals surface area contributed by atoms with E-state index in [1.54, 1.807) is 6.07 Å². The fourth-order valence-electron chi connectivity index (χ4n) is 1.35. The van der Waals surface area contributed by atoms with E-state index in [1.165, 1.54) is 13.2 Å². The minimum atomic E-state index is -0.358. The Morgan fingerprint density at radius 2 is 2.20 bits per heavy atom. The van der Waals surface area contributed by atoms with Crippen LogP contribution in [-0.2, 0) is 0 Å². The maximum atomic E-state index is 9.37. The van der Waals surface area contributed by atoms with E-state index in [9.17, 15) is 5.11 Å². The van der Waals surface area contributed by atoms with Crippen molar-refractivity contribution < 1.29 is 14.9 Å². The number of halogens is 1. The van der Waals surface area contributed by atoms with Crippen molar-refractivity contribution in [3.63, 3.8) is 0 Å². The van der Waals surface area contributed by atoms with E-state index in [2.05, 4.69) is 0 Å². The van der Waals surface area contributed by atoms with Crippen LogP contribution < -0.4 is 10.5 Å². The topological polar surface area (TPSA) is 75.7 Å². The first-order valence-corrected chi connectivity index (χ1v) is 4.91. The Balaban J connectivity index is 3.12. The summed E-state index contributed by atoms with van der Waals surface area (Å²) in [6.07, 6.45) is 0.414. The molecule has 0 amide bonds. The lowest BCUT2D eigenvalue weighted by Crippen LogP contribution is -2.13. The van der Waals surface area contributed by atoms with Gasteiger partial charge < -0.3 is 20.7 Å². The molecular weight excluding hydrogens is 218 g/mol. The molecule has 0 aromatic heterocycles. The Kier molecular flexibility index (Phi) is 4.20. The third kappa shape index (κ3) is 2.53. The van der Waals surface area contributed by atoms with Crippen molar-refractivity contribution in [1.82, 2.24) is 0 Å². The van der Waals surface area contributed by atoms with Gasteiger partial charge in [-0.05, 0) is 18.6 Å². The molecule has 84 valence electrons. The lowest BCUT2D eigenvalue weighted by atomic mass is 10.0. The second-order valence-electron chi connectivity index (χ2n) is 3.14. The summed E-state index contributed by atoms with van der Waals surface area (Å²) in [4.78, 5) is 0. The molecule has 5 heteroatoms. The Hall–Kier alpha value is -0.970. The van der Waals surface area contributed by atoms with Crippen LogP contribution in [0.15, 0.2) is 12.1 Å². The Bertz CT molecular complexity index is 344. The number of phenolic OH excluding ortho intramolecular Hbond substituents is 1. The molecule has 0 bridgehead atoms. The molecular formula is C10H14ClNO3. The van der Waals surface area contributed by atoms with Crippen molar-refractivity contribution in [2.75, 3.05) is 13.7 Å². The van der Waals surface area contributed by atoms with Gasteiger partial charge >= 0.3 is 0 Å². The molecule has 15 heavy (non-hydrogen) atoms. The summed E-state index contributed by atoms with van der Waals surface area (Å²) in [6, 6.07) is 2.74. The second-order valence-corrected chi connectivity index (χ2v) is 3.52. The molecule has 0 spiro atoms. The molecule has 1 aromatic rings. The summed E-state index contributed by atoms with van der Waals surface area (Å²) < 4.78 is 5.07. The molecule has 1 rings (SSSR count). The first-order chi connectivity index (χ1) is 7.11. The van der Waals surface area contributed by atoms with Gasteiger partial charge in [0.15, 0.2) is 0 Å². The average molecular weight is 232 g/mol. The van der Waals surface area contributed by atoms with Gasteiger partial charge in [0.25, 0.3) is 0 Å². The lowest BCUT2D eigenvalue weighted by Gasteiger charge is -2.16. The molecule has 1 atom stereocenters. The maximum Gasteiger partial charge on any atom is 0.146 e. The number of aliphatic hydroxyl groups excluding tert-OH is 1. The quantitative estimate of drug-likeness (QED) is 0.733. The fraction of sp³-hybridized carbons (Fsp3) is 0.400. The summed E-state index contributed by atoms with van der Waals surface area (Å²) >= 11 is 5.85. The van der Waals surface area contributed by atoms with Gasteiger partial charge in [0.05, 0.1) is 7.11 Å². The van der Waals surface area contributed by atoms with Crippen LogP contribution >= 0.6 is 11.6 Å². The molecule has 0 aliphatic heterocycles. The van der Waals surface area contributed by atoms with Crippen molar-refractivity contribution >= 4 is 11.6 Å². The number of phenols is 1. The van der Waals surface area contributed by atoms with Crippen molar-refractivity contribution in [2.24, 2.45) is 5.73 Å². The van der Waals surface area contributed by atoms with Crippen LogP contribution in [0.1, 0.15) is 18.0 Å². The van der Waals surface area contributed by atoms with E-state index >= 15 is 0 Å². The third-order valence-corrected chi connectivity index (χ3v) is 2.52. The third-order valence-electron chi connectivity index (χ3n) is 2.15. The average Bonchev–Trinajstić information content (AvgIpc) is 2.22. The summed E-state index contributed by atoms with van der Waals surface area (Å²) in [5, 5.41) is 18.3. The van der Waals surface area contributed by atoms with E-state index in [4.69, 9.17) is 27.2 Å². The smallest absolute Gasteiger partial charge is 0.146 e. The first-order valence-electron chi connectivity index (χ1n) is 4.53. The molecule has 0 fully saturated rings. The number of aliphatic hydroxyl groups is 1. The van der Waals surface area contributed by atoms with Gasteiger partial charge in [-0.1, -0.05) is 11.6 Å². The number of methoxy groups -OCH3 is 1. The first kappa shape index (κ1) is 12.1. The standard InChI is InChI=1S/C10H14ClNO3/c1-15-10-6(7(12)4-5-13)2-3-8(14)9(10)11/h2-3,7,13-14H,4-5,12H2,1H3. The van der Waals surface area contributed by atoms with Gasteiger partial charge in [0.1, 0.15) is 16.5 Å². The minimum absolute atomic E-state index is 0.0111. The number of ether oxygens (including phenoxy) is 1. The highest BCUT2D eigenvalue weighted by atomic mass is 35.5. The van der Waals surface area contributed by atoms with Crippen LogP contribution in [0.4, 0.5) is 0 Å². The van der Waals surface area contributed by atoms with Crippen LogP contribution in [0.25, 0.3) is 0 Å². The Morgan fingerprint density at radius 3 is 2.73 bits per heavy atom. The van der Waals surface area contributed by atoms with Gasteiger partial charge in [-0.3, -0.25) is 0 Å². The monoisotopic (exact) mass is 231 g/mol. The lowest BCUT2D eigenvalue weighted by molar-refractivity contribution is 0.275. The Labute approximate surface area is 93.2 Å². The van der Waals surface area contributed by atoms with Crippen LogP contribution in [0.2, 0.25) is 5.02 Å². The minimum Gasteiger partial charge on any atom is -0.506 e. The van der Waals surface area contributed by atoms with Gasteiger partial charge in [-0.25, -0.2) is 0 Å². The van der Waals surface area contributed by atoms with E-state index in [0.717, 1.165) is 0 Å². The van der Waals surface area contributed by atoms with Crippen molar-refractivity contribution in [3.05, 3.63) is 22.7 Å². The van der Waals surface area contributed by atoms with E-state index in [-0.39, 0.29) is 23.4 Å². The molecule has 1 aromatic carbocycles. The van der Waals surface area contributed by atoms with Crippen molar-refractivity contribution in [2.45, 2.75) is 12.5 Å². The summed E-state index contributed by atoms with van der Waals surface area (Å²) in [5.41, 5.74) is 6.50. The summed E-state index contributed by atoms with van der Waals surface area (Å²) in [7, 11) is 1.45. The fourth-order valence-corrected chi connectivity index (χ4v) is 1.60. The van der Waals surface area contributed by atoms with Crippen LogP contribution in [0.5, 0.6) is 11.5 Å². The maximum absolute atomic E-state index is 9.37. The second kappa shape index (κ2) is 5.21. The van der Waals surface area contributed by atoms with Gasteiger partial charge in [-0.15, -0.1) is 0 Å². The number of hydrogen-bond donors (Lipinski definition) is 3. The van der Waals surface area contributed by atoms with Crippen LogP contribution in [-0.4, -0.2) is 23.9 Å². The van der Waals surface area contributed by atoms with Crippen molar-refractivity contribution in [1.29, 1.82) is 0 Å². The number of hydrogen-bond acceptors (Lipinski definition) is 4. The molecule has 0 aliphatic rings. The normalized spacial score (nSPS) is 12.5. The zero-order valence-corrected chi connectivity index (χ0v) is 9.16. The van der Waals surface area contributed by atoms with Gasteiger partial charge in [0.2, 0.25) is 0 Å². The van der Waals surface area contributed by atoms with Crippen molar-refractivity contribution in [3.8, 4) is 11.5 Å². The molecule has 0 radical (unpaired) electrons. The molecule has 1 unspecified atom stereocenters. The highest BCUT2D eigenvalue weighted by molar-refractivity contribution is 6.33. The van der Waals surface area contributed by atoms with E-state index < -0.39 is 0 Å². The zero-order chi connectivity index (χ0) is 11.4. The molecule has 4 N–H and O–H groups in total. The van der Waals surface area contributed by atoms with Gasteiger partial charge in [0, 0.05) is 18.2 Å². The van der Waals surface area contributed by atoms with E-state index in [1.807, 2.05) is 0 Å². The number of rotatable bonds is 4. The van der Waals surface area contributed by atoms with Crippen LogP contribution in [0.3, 0.4) is 0 Å². The summed E-state index contributed by atoms with van der Waals surface area (Å²) in [5.74, 6) is 0.311. The zero-order valence-electron chi connectivity index (χ0n) is 8.40. The largest absolute Gasteiger partial charge is 0.506 e. The Morgan fingerprint density at radius 1 is 1.53 bits per heavy atom. The van der Waals surface area contributed by atoms with E-state index in [0.29, 0.717) is 17.7 Å². The molecule has 0 saturated heterocycles. The number of nitrogens with two attached hydrogens (primary N) is 1. The van der Waals surface area contributed by atoms with Crippen LogP contribution in [0, 0.1) is 0 Å². The molecule has 0 saturated carbocycles. The predicted molar refractivity (Wildman–Crippen MR) is 58.3 cm³/mol. The number of aromatic hydroxyl groups is 1. The summed E-state index contributed by atoms with van der Waals surface area (Å²) in [6.45, 7) is -0.0111. The molecule has 0 aliphatic carbocycles.